The molecule has 0 unspecified atom stereocenters. The monoisotopic (exact) mass is 350 g/mol. The molecule has 8 heteroatoms. The first kappa shape index (κ1) is 18.0. The lowest BCUT2D eigenvalue weighted by atomic mass is 10.1. The van der Waals surface area contributed by atoms with E-state index >= 15 is 0 Å². The van der Waals surface area contributed by atoms with Crippen LogP contribution in [-0.4, -0.2) is 45.5 Å². The first-order chi connectivity index (χ1) is 11.4. The number of aromatic nitrogens is 1. The van der Waals surface area contributed by atoms with Gasteiger partial charge in [0.15, 0.2) is 0 Å². The van der Waals surface area contributed by atoms with Crippen molar-refractivity contribution < 1.29 is 13.2 Å². The fraction of sp³-hybridized carbons (Fsp3) is 0.312. The van der Waals surface area contributed by atoms with E-state index < -0.39 is 10.2 Å². The summed E-state index contributed by atoms with van der Waals surface area (Å²) in [5.41, 5.74) is 1.61. The summed E-state index contributed by atoms with van der Waals surface area (Å²) in [5, 5.41) is 3.20. The Hall–Kier alpha value is -2.32. The lowest BCUT2D eigenvalue weighted by Crippen LogP contribution is -2.28. The third kappa shape index (κ3) is 5.10. The summed E-state index contributed by atoms with van der Waals surface area (Å²) in [7, 11) is 1.06. The Kier molecular flexibility index (Phi) is 5.99. The molecule has 2 rings (SSSR count). The lowest BCUT2D eigenvalue weighted by Gasteiger charge is -2.13. The molecule has 0 aliphatic rings. The van der Waals surface area contributed by atoms with Gasteiger partial charge in [-0.2, -0.15) is 12.7 Å². The van der Waals surface area contributed by atoms with Crippen LogP contribution in [0.2, 0.25) is 0 Å². The van der Waals surface area contributed by atoms with Gasteiger partial charge in [0.2, 0.25) is 0 Å². The fourth-order valence-corrected chi connectivity index (χ4v) is 2.53. The van der Waals surface area contributed by atoms with Crippen molar-refractivity contribution >= 4 is 21.7 Å². The zero-order valence-electron chi connectivity index (χ0n) is 14.0. The number of hydrogen-bond donors (Lipinski definition) is 2. The van der Waals surface area contributed by atoms with E-state index in [-0.39, 0.29) is 0 Å². The number of methoxy groups -OCH3 is 1. The summed E-state index contributed by atoms with van der Waals surface area (Å²) < 4.78 is 32.1. The van der Waals surface area contributed by atoms with E-state index in [1.165, 1.54) is 25.9 Å². The molecule has 7 nitrogen and oxygen atoms in total. The Labute approximate surface area is 142 Å². The number of benzene rings is 1. The molecule has 0 atom stereocenters. The van der Waals surface area contributed by atoms with E-state index in [0.29, 0.717) is 11.5 Å². The van der Waals surface area contributed by atoms with Crippen molar-refractivity contribution in [3.63, 3.8) is 0 Å². The van der Waals surface area contributed by atoms with Crippen molar-refractivity contribution in [2.75, 3.05) is 37.8 Å². The van der Waals surface area contributed by atoms with Gasteiger partial charge in [-0.15, -0.1) is 0 Å². The molecule has 0 spiro atoms. The molecule has 2 aromatic rings. The highest BCUT2D eigenvalue weighted by molar-refractivity contribution is 7.90. The van der Waals surface area contributed by atoms with Gasteiger partial charge in [-0.1, -0.05) is 12.1 Å². The van der Waals surface area contributed by atoms with E-state index in [0.717, 1.165) is 23.0 Å². The van der Waals surface area contributed by atoms with Crippen molar-refractivity contribution in [3.05, 3.63) is 48.2 Å². The van der Waals surface area contributed by atoms with Crippen LogP contribution in [0.4, 0.5) is 11.5 Å². The summed E-state index contributed by atoms with van der Waals surface area (Å²) in [6.07, 6.45) is 2.33. The molecule has 0 fully saturated rings. The Morgan fingerprint density at radius 2 is 1.83 bits per heavy atom. The average Bonchev–Trinajstić information content (AvgIpc) is 2.56. The van der Waals surface area contributed by atoms with E-state index in [1.54, 1.807) is 19.2 Å². The van der Waals surface area contributed by atoms with Gasteiger partial charge in [0.25, 0.3) is 0 Å². The number of ether oxygens (including phenoxy) is 1. The SMILES string of the molecule is COc1ccc(CCNc2ccc(NS(=O)(=O)N(C)C)cn2)cc1. The lowest BCUT2D eigenvalue weighted by molar-refractivity contribution is 0.414. The van der Waals surface area contributed by atoms with Gasteiger partial charge in [-0.05, 0) is 36.2 Å². The fourth-order valence-electron chi connectivity index (χ4n) is 1.93. The first-order valence-corrected chi connectivity index (χ1v) is 8.88. The van der Waals surface area contributed by atoms with Crippen molar-refractivity contribution in [2.24, 2.45) is 0 Å². The van der Waals surface area contributed by atoms with Gasteiger partial charge < -0.3 is 10.1 Å². The third-order valence-electron chi connectivity index (χ3n) is 3.37. The number of hydrogen-bond acceptors (Lipinski definition) is 5. The Morgan fingerprint density at radius 1 is 1.12 bits per heavy atom. The molecule has 0 saturated heterocycles. The number of nitrogens with zero attached hydrogens (tertiary/aromatic N) is 2. The van der Waals surface area contributed by atoms with Crippen molar-refractivity contribution in [3.8, 4) is 5.75 Å². The quantitative estimate of drug-likeness (QED) is 0.760. The van der Waals surface area contributed by atoms with Crippen LogP contribution in [0.3, 0.4) is 0 Å². The van der Waals surface area contributed by atoms with Gasteiger partial charge in [0.1, 0.15) is 11.6 Å². The minimum absolute atomic E-state index is 0.421. The van der Waals surface area contributed by atoms with Gasteiger partial charge in [-0.3, -0.25) is 4.72 Å². The van der Waals surface area contributed by atoms with E-state index in [9.17, 15) is 8.42 Å². The molecular weight excluding hydrogens is 328 g/mol. The van der Waals surface area contributed by atoms with Crippen LogP contribution >= 0.6 is 0 Å². The molecule has 0 bridgehead atoms. The number of nitrogens with one attached hydrogen (secondary N) is 2. The van der Waals surface area contributed by atoms with Gasteiger partial charge in [0, 0.05) is 20.6 Å². The largest absolute Gasteiger partial charge is 0.497 e. The molecule has 1 aromatic heterocycles. The number of rotatable bonds is 8. The second-order valence-electron chi connectivity index (χ2n) is 5.35. The highest BCUT2D eigenvalue weighted by Crippen LogP contribution is 2.14. The molecule has 0 aliphatic carbocycles. The zero-order valence-corrected chi connectivity index (χ0v) is 14.8. The minimum atomic E-state index is -3.51. The second-order valence-corrected chi connectivity index (χ2v) is 7.23. The van der Waals surface area contributed by atoms with Gasteiger partial charge >= 0.3 is 10.2 Å². The van der Waals surface area contributed by atoms with Crippen LogP contribution in [0.25, 0.3) is 0 Å². The van der Waals surface area contributed by atoms with Crippen LogP contribution in [0.5, 0.6) is 5.75 Å². The maximum Gasteiger partial charge on any atom is 0.301 e. The van der Waals surface area contributed by atoms with E-state index in [2.05, 4.69) is 15.0 Å². The van der Waals surface area contributed by atoms with E-state index in [1.807, 2.05) is 24.3 Å². The molecule has 0 amide bonds. The van der Waals surface area contributed by atoms with Crippen molar-refractivity contribution in [2.45, 2.75) is 6.42 Å². The molecule has 24 heavy (non-hydrogen) atoms. The predicted molar refractivity (Wildman–Crippen MR) is 95.7 cm³/mol. The summed E-state index contributed by atoms with van der Waals surface area (Å²) >= 11 is 0. The smallest absolute Gasteiger partial charge is 0.301 e. The Bertz CT molecular complexity index is 744. The molecular formula is C16H22N4O3S. The highest BCUT2D eigenvalue weighted by atomic mass is 32.2. The van der Waals surface area contributed by atoms with Crippen molar-refractivity contribution in [1.82, 2.24) is 9.29 Å². The minimum Gasteiger partial charge on any atom is -0.497 e. The van der Waals surface area contributed by atoms with Crippen molar-refractivity contribution in [1.29, 1.82) is 0 Å². The Balaban J connectivity index is 1.85. The van der Waals surface area contributed by atoms with Crippen LogP contribution in [0.15, 0.2) is 42.6 Å². The molecule has 0 saturated carbocycles. The highest BCUT2D eigenvalue weighted by Gasteiger charge is 2.12. The summed E-state index contributed by atoms with van der Waals surface area (Å²) in [4.78, 5) is 4.20. The second kappa shape index (κ2) is 7.98. The summed E-state index contributed by atoms with van der Waals surface area (Å²) in [5.74, 6) is 1.53. The zero-order chi connectivity index (χ0) is 17.6. The standard InChI is InChI=1S/C16H22N4O3S/c1-20(2)24(21,22)19-14-6-9-16(18-12-14)17-11-10-13-4-7-15(23-3)8-5-13/h4-9,12,19H,10-11H2,1-3H3,(H,17,18). The average molecular weight is 350 g/mol. The van der Waals surface area contributed by atoms with Gasteiger partial charge in [0.05, 0.1) is 19.0 Å². The maximum absolute atomic E-state index is 11.7. The Morgan fingerprint density at radius 3 is 2.38 bits per heavy atom. The topological polar surface area (TPSA) is 83.6 Å². The summed E-state index contributed by atoms with van der Waals surface area (Å²) in [6, 6.07) is 11.3. The third-order valence-corrected chi connectivity index (χ3v) is 4.82. The number of pyridine rings is 1. The first-order valence-electron chi connectivity index (χ1n) is 7.44. The van der Waals surface area contributed by atoms with Gasteiger partial charge in [-0.25, -0.2) is 4.98 Å². The predicted octanol–water partition coefficient (Wildman–Crippen LogP) is 1.96. The van der Waals surface area contributed by atoms with Crippen LogP contribution in [0.1, 0.15) is 5.56 Å². The normalized spacial score (nSPS) is 11.3. The maximum atomic E-state index is 11.7. The molecule has 1 aromatic carbocycles. The summed E-state index contributed by atoms with van der Waals surface area (Å²) in [6.45, 7) is 0.724. The molecule has 0 radical (unpaired) electrons. The molecule has 1 heterocycles. The van der Waals surface area contributed by atoms with Crippen LogP contribution in [-0.2, 0) is 16.6 Å². The molecule has 130 valence electrons. The number of anilines is 2. The van der Waals surface area contributed by atoms with E-state index in [4.69, 9.17) is 4.74 Å². The molecule has 0 aliphatic heterocycles. The van der Waals surface area contributed by atoms with Crippen LogP contribution < -0.4 is 14.8 Å². The molecule has 2 N–H and O–H groups in total. The van der Waals surface area contributed by atoms with Crippen LogP contribution in [0, 0.1) is 0 Å².